The van der Waals surface area contributed by atoms with Crippen LogP contribution in [0.3, 0.4) is 0 Å². The maximum Gasteiger partial charge on any atom is 0.234 e. The molecule has 1 amide bonds. The molecule has 3 N–H and O–H groups in total. The highest BCUT2D eigenvalue weighted by atomic mass is 16.2. The first-order valence-corrected chi connectivity index (χ1v) is 6.23. The van der Waals surface area contributed by atoms with Crippen LogP contribution in [0.15, 0.2) is 0 Å². The molecule has 1 aliphatic heterocycles. The van der Waals surface area contributed by atoms with E-state index in [0.717, 1.165) is 26.1 Å². The number of nitrogens with one attached hydrogen (secondary N) is 1. The van der Waals surface area contributed by atoms with Crippen LogP contribution >= 0.6 is 0 Å². The van der Waals surface area contributed by atoms with Crippen molar-refractivity contribution >= 4 is 5.91 Å². The lowest BCUT2D eigenvalue weighted by Crippen LogP contribution is -2.37. The number of nitrogens with zero attached hydrogens (tertiary/aromatic N) is 1. The van der Waals surface area contributed by atoms with Gasteiger partial charge in [-0.25, -0.2) is 0 Å². The van der Waals surface area contributed by atoms with Crippen LogP contribution < -0.4 is 11.1 Å². The molecule has 2 unspecified atom stereocenters. The summed E-state index contributed by atoms with van der Waals surface area (Å²) in [6.07, 6.45) is 1.04. The zero-order valence-corrected chi connectivity index (χ0v) is 10.7. The Bertz CT molecular complexity index is 220. The van der Waals surface area contributed by atoms with Gasteiger partial charge >= 0.3 is 0 Å². The molecule has 4 nitrogen and oxygen atoms in total. The molecule has 2 atom stereocenters. The van der Waals surface area contributed by atoms with Gasteiger partial charge in [-0.15, -0.1) is 0 Å². The normalized spacial score (nSPS) is 26.3. The van der Waals surface area contributed by atoms with E-state index in [4.69, 9.17) is 5.73 Å². The Morgan fingerprint density at radius 2 is 2.19 bits per heavy atom. The molecule has 0 aliphatic carbocycles. The van der Waals surface area contributed by atoms with Crippen LogP contribution in [-0.2, 0) is 4.79 Å². The zero-order valence-electron chi connectivity index (χ0n) is 10.7. The lowest BCUT2D eigenvalue weighted by molar-refractivity contribution is -0.122. The first kappa shape index (κ1) is 13.5. The summed E-state index contributed by atoms with van der Waals surface area (Å²) < 4.78 is 0. The summed E-state index contributed by atoms with van der Waals surface area (Å²) in [6, 6.07) is 0.225. The highest BCUT2D eigenvalue weighted by molar-refractivity contribution is 5.78. The van der Waals surface area contributed by atoms with Gasteiger partial charge in [0, 0.05) is 25.7 Å². The second-order valence-corrected chi connectivity index (χ2v) is 5.37. The number of carbonyl (C=O) groups excluding carboxylic acids is 1. The van der Waals surface area contributed by atoms with Gasteiger partial charge in [0.15, 0.2) is 0 Å². The molecule has 0 saturated carbocycles. The molecule has 0 aromatic rings. The van der Waals surface area contributed by atoms with Crippen molar-refractivity contribution in [2.24, 2.45) is 17.6 Å². The van der Waals surface area contributed by atoms with Crippen molar-refractivity contribution in [1.82, 2.24) is 10.2 Å². The topological polar surface area (TPSA) is 58.4 Å². The highest BCUT2D eigenvalue weighted by Crippen LogP contribution is 2.13. The van der Waals surface area contributed by atoms with Crippen LogP contribution in [0.2, 0.25) is 0 Å². The number of amides is 1. The average molecular weight is 227 g/mol. The average Bonchev–Trinajstić information content (AvgIpc) is 2.44. The summed E-state index contributed by atoms with van der Waals surface area (Å²) in [5.41, 5.74) is 5.91. The quantitative estimate of drug-likeness (QED) is 0.716. The Balaban J connectivity index is 2.15. The minimum absolute atomic E-state index is 0.127. The number of carbonyl (C=O) groups is 1. The summed E-state index contributed by atoms with van der Waals surface area (Å²) in [4.78, 5) is 13.7. The molecule has 0 aromatic carbocycles. The van der Waals surface area contributed by atoms with Crippen molar-refractivity contribution in [3.8, 4) is 0 Å². The summed E-state index contributed by atoms with van der Waals surface area (Å²) in [7, 11) is 0. The SMILES string of the molecule is CC(C)CCNC(=O)CN1CC(C)C(N)C1. The third-order valence-electron chi connectivity index (χ3n) is 3.16. The molecule has 1 aliphatic rings. The van der Waals surface area contributed by atoms with Crippen LogP contribution in [0.4, 0.5) is 0 Å². The fourth-order valence-electron chi connectivity index (χ4n) is 1.98. The summed E-state index contributed by atoms with van der Waals surface area (Å²) in [5, 5.41) is 2.95. The molecule has 94 valence electrons. The predicted octanol–water partition coefficient (Wildman–Crippen LogP) is 0.428. The van der Waals surface area contributed by atoms with Gasteiger partial charge < -0.3 is 11.1 Å². The van der Waals surface area contributed by atoms with E-state index in [0.29, 0.717) is 18.4 Å². The van der Waals surface area contributed by atoms with Crippen molar-refractivity contribution in [1.29, 1.82) is 0 Å². The van der Waals surface area contributed by atoms with Gasteiger partial charge in [-0.3, -0.25) is 9.69 Å². The van der Waals surface area contributed by atoms with Crippen molar-refractivity contribution in [3.05, 3.63) is 0 Å². The molecule has 0 aromatic heterocycles. The number of hydrogen-bond donors (Lipinski definition) is 2. The van der Waals surface area contributed by atoms with E-state index in [-0.39, 0.29) is 11.9 Å². The third-order valence-corrected chi connectivity index (χ3v) is 3.16. The summed E-state index contributed by atoms with van der Waals surface area (Å²) >= 11 is 0. The third kappa shape index (κ3) is 4.49. The van der Waals surface area contributed by atoms with Crippen LogP contribution in [-0.4, -0.2) is 43.0 Å². The molecule has 0 radical (unpaired) electrons. The lowest BCUT2D eigenvalue weighted by Gasteiger charge is -2.15. The van der Waals surface area contributed by atoms with Gasteiger partial charge in [-0.05, 0) is 18.3 Å². The second kappa shape index (κ2) is 6.21. The van der Waals surface area contributed by atoms with E-state index in [9.17, 15) is 4.79 Å². The van der Waals surface area contributed by atoms with Gasteiger partial charge in [0.05, 0.1) is 6.54 Å². The maximum absolute atomic E-state index is 11.6. The zero-order chi connectivity index (χ0) is 12.1. The summed E-state index contributed by atoms with van der Waals surface area (Å²) in [6.45, 7) is 9.53. The van der Waals surface area contributed by atoms with E-state index in [1.54, 1.807) is 0 Å². The van der Waals surface area contributed by atoms with Gasteiger partial charge in [0.2, 0.25) is 5.91 Å². The van der Waals surface area contributed by atoms with Crippen LogP contribution in [0.1, 0.15) is 27.2 Å². The Labute approximate surface area is 98.6 Å². The van der Waals surface area contributed by atoms with Crippen molar-refractivity contribution in [2.75, 3.05) is 26.2 Å². The molecular weight excluding hydrogens is 202 g/mol. The van der Waals surface area contributed by atoms with Crippen molar-refractivity contribution < 1.29 is 4.79 Å². The van der Waals surface area contributed by atoms with E-state index in [2.05, 4.69) is 31.0 Å². The van der Waals surface area contributed by atoms with Crippen molar-refractivity contribution in [3.63, 3.8) is 0 Å². The number of rotatable bonds is 5. The monoisotopic (exact) mass is 227 g/mol. The molecular formula is C12H25N3O. The Morgan fingerprint density at radius 3 is 2.69 bits per heavy atom. The van der Waals surface area contributed by atoms with Gasteiger partial charge in [0.1, 0.15) is 0 Å². The fourth-order valence-corrected chi connectivity index (χ4v) is 1.98. The Morgan fingerprint density at radius 1 is 1.50 bits per heavy atom. The molecule has 1 saturated heterocycles. The number of likely N-dealkylation sites (tertiary alicyclic amines) is 1. The maximum atomic E-state index is 11.6. The van der Waals surface area contributed by atoms with E-state index >= 15 is 0 Å². The minimum Gasteiger partial charge on any atom is -0.355 e. The molecule has 1 rings (SSSR count). The predicted molar refractivity (Wildman–Crippen MR) is 66.0 cm³/mol. The van der Waals surface area contributed by atoms with Crippen molar-refractivity contribution in [2.45, 2.75) is 33.2 Å². The van der Waals surface area contributed by atoms with Gasteiger partial charge in [-0.1, -0.05) is 20.8 Å². The highest BCUT2D eigenvalue weighted by Gasteiger charge is 2.27. The first-order valence-electron chi connectivity index (χ1n) is 6.23. The smallest absolute Gasteiger partial charge is 0.234 e. The molecule has 0 spiro atoms. The van der Waals surface area contributed by atoms with Gasteiger partial charge in [-0.2, -0.15) is 0 Å². The molecule has 4 heteroatoms. The summed E-state index contributed by atoms with van der Waals surface area (Å²) in [5.74, 6) is 1.27. The minimum atomic E-state index is 0.127. The van der Waals surface area contributed by atoms with Crippen LogP contribution in [0, 0.1) is 11.8 Å². The Hall–Kier alpha value is -0.610. The molecule has 16 heavy (non-hydrogen) atoms. The first-order chi connectivity index (χ1) is 7.49. The Kier molecular flexibility index (Phi) is 5.22. The largest absolute Gasteiger partial charge is 0.355 e. The van der Waals surface area contributed by atoms with Gasteiger partial charge in [0.25, 0.3) is 0 Å². The lowest BCUT2D eigenvalue weighted by atomic mass is 10.1. The van der Waals surface area contributed by atoms with E-state index in [1.165, 1.54) is 0 Å². The molecule has 0 bridgehead atoms. The number of hydrogen-bond acceptors (Lipinski definition) is 3. The standard InChI is InChI=1S/C12H25N3O/c1-9(2)4-5-14-12(16)8-15-6-10(3)11(13)7-15/h9-11H,4-8,13H2,1-3H3,(H,14,16). The van der Waals surface area contributed by atoms with E-state index in [1.807, 2.05) is 0 Å². The van der Waals surface area contributed by atoms with Crippen LogP contribution in [0.5, 0.6) is 0 Å². The molecule has 1 fully saturated rings. The second-order valence-electron chi connectivity index (χ2n) is 5.37. The fraction of sp³-hybridized carbons (Fsp3) is 0.917. The van der Waals surface area contributed by atoms with E-state index < -0.39 is 0 Å². The molecule has 1 heterocycles. The number of nitrogens with two attached hydrogens (primary N) is 1. The van der Waals surface area contributed by atoms with Crippen LogP contribution in [0.25, 0.3) is 0 Å².